The Bertz CT molecular complexity index is 267. The maximum atomic E-state index is 5.47. The smallest absolute Gasteiger partial charge is 0.119 e. The highest BCUT2D eigenvalue weighted by Gasteiger charge is 2.22. The standard InChI is InChI=1S/C10H13NO2/c11-5-8-1-3-9(4-2-8)12-6-10-7-13-10/h1-4,10H,5-7,11H2. The maximum absolute atomic E-state index is 5.47. The molecule has 0 aliphatic carbocycles. The SMILES string of the molecule is NCc1ccc(OCC2CO2)cc1. The van der Waals surface area contributed by atoms with Crippen molar-refractivity contribution >= 4 is 0 Å². The van der Waals surface area contributed by atoms with Crippen molar-refractivity contribution in [1.82, 2.24) is 0 Å². The zero-order chi connectivity index (χ0) is 9.10. The van der Waals surface area contributed by atoms with Crippen LogP contribution in [0.2, 0.25) is 0 Å². The molecule has 1 aliphatic heterocycles. The van der Waals surface area contributed by atoms with Crippen molar-refractivity contribution in [3.8, 4) is 5.75 Å². The van der Waals surface area contributed by atoms with E-state index in [2.05, 4.69) is 0 Å². The molecule has 0 bridgehead atoms. The van der Waals surface area contributed by atoms with Crippen LogP contribution in [0, 0.1) is 0 Å². The number of nitrogens with two attached hydrogens (primary N) is 1. The average molecular weight is 179 g/mol. The molecule has 3 heteroatoms. The lowest BCUT2D eigenvalue weighted by atomic mass is 10.2. The lowest BCUT2D eigenvalue weighted by Crippen LogP contribution is -2.04. The molecule has 0 spiro atoms. The molecule has 0 saturated carbocycles. The molecule has 0 radical (unpaired) electrons. The third kappa shape index (κ3) is 2.44. The molecule has 1 aromatic carbocycles. The van der Waals surface area contributed by atoms with E-state index >= 15 is 0 Å². The Morgan fingerprint density at radius 1 is 1.38 bits per heavy atom. The molecule has 1 heterocycles. The first kappa shape index (κ1) is 8.53. The fourth-order valence-electron chi connectivity index (χ4n) is 1.08. The molecule has 2 rings (SSSR count). The number of ether oxygens (including phenoxy) is 2. The molecular weight excluding hydrogens is 166 g/mol. The molecular formula is C10H13NO2. The minimum Gasteiger partial charge on any atom is -0.491 e. The fourth-order valence-corrected chi connectivity index (χ4v) is 1.08. The fraction of sp³-hybridized carbons (Fsp3) is 0.400. The van der Waals surface area contributed by atoms with Gasteiger partial charge in [-0.3, -0.25) is 0 Å². The molecule has 2 N–H and O–H groups in total. The molecule has 13 heavy (non-hydrogen) atoms. The van der Waals surface area contributed by atoms with Gasteiger partial charge in [-0.1, -0.05) is 12.1 Å². The summed E-state index contributed by atoms with van der Waals surface area (Å²) in [6, 6.07) is 7.82. The number of hydrogen-bond acceptors (Lipinski definition) is 3. The van der Waals surface area contributed by atoms with Crippen LogP contribution in [0.4, 0.5) is 0 Å². The summed E-state index contributed by atoms with van der Waals surface area (Å²) in [5.41, 5.74) is 6.59. The van der Waals surface area contributed by atoms with Crippen molar-refractivity contribution in [2.45, 2.75) is 12.6 Å². The molecule has 1 aromatic rings. The van der Waals surface area contributed by atoms with E-state index in [1.165, 1.54) is 0 Å². The summed E-state index contributed by atoms with van der Waals surface area (Å²) >= 11 is 0. The van der Waals surface area contributed by atoms with Gasteiger partial charge in [-0.15, -0.1) is 0 Å². The second-order valence-electron chi connectivity index (χ2n) is 3.11. The second-order valence-corrected chi connectivity index (χ2v) is 3.11. The van der Waals surface area contributed by atoms with Gasteiger partial charge in [0, 0.05) is 6.54 Å². The van der Waals surface area contributed by atoms with Gasteiger partial charge in [-0.25, -0.2) is 0 Å². The van der Waals surface area contributed by atoms with Gasteiger partial charge >= 0.3 is 0 Å². The van der Waals surface area contributed by atoms with Gasteiger partial charge in [0.1, 0.15) is 18.5 Å². The molecule has 1 saturated heterocycles. The zero-order valence-electron chi connectivity index (χ0n) is 7.40. The van der Waals surface area contributed by atoms with Crippen LogP contribution in [0.15, 0.2) is 24.3 Å². The van der Waals surface area contributed by atoms with Crippen molar-refractivity contribution < 1.29 is 9.47 Å². The Balaban J connectivity index is 1.88. The van der Waals surface area contributed by atoms with Crippen LogP contribution in [-0.4, -0.2) is 19.3 Å². The van der Waals surface area contributed by atoms with Crippen molar-refractivity contribution in [2.75, 3.05) is 13.2 Å². The van der Waals surface area contributed by atoms with Crippen LogP contribution in [0.3, 0.4) is 0 Å². The summed E-state index contributed by atoms with van der Waals surface area (Å²) in [7, 11) is 0. The highest BCUT2D eigenvalue weighted by Crippen LogP contribution is 2.15. The summed E-state index contributed by atoms with van der Waals surface area (Å²) in [4.78, 5) is 0. The van der Waals surface area contributed by atoms with Gasteiger partial charge in [0.05, 0.1) is 6.61 Å². The van der Waals surface area contributed by atoms with Crippen molar-refractivity contribution in [1.29, 1.82) is 0 Å². The first-order valence-corrected chi connectivity index (χ1v) is 4.42. The molecule has 1 fully saturated rings. The molecule has 0 aromatic heterocycles. The van der Waals surface area contributed by atoms with Crippen molar-refractivity contribution in [3.05, 3.63) is 29.8 Å². The van der Waals surface area contributed by atoms with Crippen molar-refractivity contribution in [3.63, 3.8) is 0 Å². The monoisotopic (exact) mass is 179 g/mol. The van der Waals surface area contributed by atoms with Gasteiger partial charge in [-0.05, 0) is 17.7 Å². The van der Waals surface area contributed by atoms with Crippen molar-refractivity contribution in [2.24, 2.45) is 5.73 Å². The van der Waals surface area contributed by atoms with Gasteiger partial charge in [0.15, 0.2) is 0 Å². The Morgan fingerprint density at radius 3 is 2.62 bits per heavy atom. The third-order valence-corrected chi connectivity index (χ3v) is 2.00. The molecule has 1 aliphatic rings. The summed E-state index contributed by atoms with van der Waals surface area (Å²) in [6.07, 6.45) is 0.314. The maximum Gasteiger partial charge on any atom is 0.119 e. The Labute approximate surface area is 77.5 Å². The first-order chi connectivity index (χ1) is 6.38. The molecule has 0 amide bonds. The van der Waals surface area contributed by atoms with Gasteiger partial charge < -0.3 is 15.2 Å². The molecule has 1 unspecified atom stereocenters. The van der Waals surface area contributed by atoms with Crippen LogP contribution in [0.25, 0.3) is 0 Å². The van der Waals surface area contributed by atoms with Crippen LogP contribution in [0.5, 0.6) is 5.75 Å². The lowest BCUT2D eigenvalue weighted by molar-refractivity contribution is 0.263. The predicted octanol–water partition coefficient (Wildman–Crippen LogP) is 0.923. The topological polar surface area (TPSA) is 47.8 Å². The van der Waals surface area contributed by atoms with E-state index in [0.717, 1.165) is 17.9 Å². The summed E-state index contributed by atoms with van der Waals surface area (Å²) in [5.74, 6) is 0.882. The summed E-state index contributed by atoms with van der Waals surface area (Å²) in [5, 5.41) is 0. The van der Waals surface area contributed by atoms with E-state index in [9.17, 15) is 0 Å². The van der Waals surface area contributed by atoms with Crippen LogP contribution < -0.4 is 10.5 Å². The first-order valence-electron chi connectivity index (χ1n) is 4.42. The minimum absolute atomic E-state index is 0.314. The van der Waals surface area contributed by atoms with Crippen LogP contribution in [-0.2, 0) is 11.3 Å². The highest BCUT2D eigenvalue weighted by molar-refractivity contribution is 5.27. The van der Waals surface area contributed by atoms with E-state index in [4.69, 9.17) is 15.2 Å². The Hall–Kier alpha value is -1.06. The third-order valence-electron chi connectivity index (χ3n) is 2.00. The zero-order valence-corrected chi connectivity index (χ0v) is 7.40. The quantitative estimate of drug-likeness (QED) is 0.699. The minimum atomic E-state index is 0.314. The van der Waals surface area contributed by atoms with Gasteiger partial charge in [0.25, 0.3) is 0 Å². The highest BCUT2D eigenvalue weighted by atomic mass is 16.6. The number of epoxide rings is 1. The van der Waals surface area contributed by atoms with Gasteiger partial charge in [-0.2, -0.15) is 0 Å². The number of rotatable bonds is 4. The average Bonchev–Trinajstić information content (AvgIpc) is 2.99. The molecule has 3 nitrogen and oxygen atoms in total. The normalized spacial score (nSPS) is 19.9. The molecule has 70 valence electrons. The predicted molar refractivity (Wildman–Crippen MR) is 49.6 cm³/mol. The Kier molecular flexibility index (Phi) is 2.47. The molecule has 1 atom stereocenters. The van der Waals surface area contributed by atoms with Crippen LogP contribution >= 0.6 is 0 Å². The number of benzene rings is 1. The van der Waals surface area contributed by atoms with E-state index in [0.29, 0.717) is 19.3 Å². The lowest BCUT2D eigenvalue weighted by Gasteiger charge is -2.04. The van der Waals surface area contributed by atoms with E-state index in [1.54, 1.807) is 0 Å². The van der Waals surface area contributed by atoms with E-state index in [1.807, 2.05) is 24.3 Å². The van der Waals surface area contributed by atoms with Gasteiger partial charge in [0.2, 0.25) is 0 Å². The summed E-state index contributed by atoms with van der Waals surface area (Å²) < 4.78 is 10.5. The van der Waals surface area contributed by atoms with E-state index in [-0.39, 0.29) is 0 Å². The van der Waals surface area contributed by atoms with E-state index < -0.39 is 0 Å². The second kappa shape index (κ2) is 3.77. The Morgan fingerprint density at radius 2 is 2.08 bits per heavy atom. The van der Waals surface area contributed by atoms with Crippen LogP contribution in [0.1, 0.15) is 5.56 Å². The summed E-state index contributed by atoms with van der Waals surface area (Å²) in [6.45, 7) is 2.06. The largest absolute Gasteiger partial charge is 0.491 e. The number of hydrogen-bond donors (Lipinski definition) is 1.